The molecule has 1 N–H and O–H groups in total. The minimum Gasteiger partial charge on any atom is -0.497 e. The Labute approximate surface area is 170 Å². The van der Waals surface area contributed by atoms with E-state index in [1.54, 1.807) is 49.4 Å². The van der Waals surface area contributed by atoms with Gasteiger partial charge in [0.05, 0.1) is 18.4 Å². The molecule has 0 aliphatic carbocycles. The van der Waals surface area contributed by atoms with Gasteiger partial charge in [-0.25, -0.2) is 9.97 Å². The normalized spacial score (nSPS) is 16.4. The second kappa shape index (κ2) is 9.47. The van der Waals surface area contributed by atoms with Crippen LogP contribution in [0.3, 0.4) is 0 Å². The van der Waals surface area contributed by atoms with Gasteiger partial charge in [-0.3, -0.25) is 9.59 Å². The number of amides is 2. The zero-order chi connectivity index (χ0) is 20.8. The SMILES string of the molecule is COCC(=O)N1CCCC(c2ncc(C(=O)Nc3ccc(OC)cc3)c(C)n2)C1. The quantitative estimate of drug-likeness (QED) is 0.803. The van der Waals surface area contributed by atoms with Crippen molar-refractivity contribution in [3.8, 4) is 5.75 Å². The molecule has 0 saturated carbocycles. The van der Waals surface area contributed by atoms with Gasteiger partial charge in [-0.1, -0.05) is 0 Å². The number of carbonyl (C=O) groups is 2. The van der Waals surface area contributed by atoms with Crippen LogP contribution in [0.5, 0.6) is 5.75 Å². The zero-order valence-corrected chi connectivity index (χ0v) is 17.0. The predicted octanol–water partition coefficient (Wildman–Crippen LogP) is 2.40. The fraction of sp³-hybridized carbons (Fsp3) is 0.429. The Bertz CT molecular complexity index is 869. The van der Waals surface area contributed by atoms with Gasteiger partial charge in [0, 0.05) is 38.0 Å². The number of methoxy groups -OCH3 is 2. The van der Waals surface area contributed by atoms with E-state index >= 15 is 0 Å². The molecule has 8 heteroatoms. The number of ether oxygens (including phenoxy) is 2. The minimum absolute atomic E-state index is 0.0237. The van der Waals surface area contributed by atoms with Crippen LogP contribution >= 0.6 is 0 Å². The molecule has 1 aliphatic heterocycles. The molecule has 8 nitrogen and oxygen atoms in total. The molecule has 1 aromatic heterocycles. The molecule has 3 rings (SSSR count). The number of anilines is 1. The van der Waals surface area contributed by atoms with Gasteiger partial charge in [0.1, 0.15) is 18.2 Å². The summed E-state index contributed by atoms with van der Waals surface area (Å²) in [7, 11) is 3.11. The molecule has 1 unspecified atom stereocenters. The Morgan fingerprint density at radius 2 is 2.00 bits per heavy atom. The Hall–Kier alpha value is -3.00. The number of likely N-dealkylation sites (tertiary alicyclic amines) is 1. The lowest BCUT2D eigenvalue weighted by Gasteiger charge is -2.32. The highest BCUT2D eigenvalue weighted by molar-refractivity contribution is 6.04. The monoisotopic (exact) mass is 398 g/mol. The summed E-state index contributed by atoms with van der Waals surface area (Å²) in [5.74, 6) is 1.15. The summed E-state index contributed by atoms with van der Waals surface area (Å²) in [6, 6.07) is 7.10. The van der Waals surface area contributed by atoms with Crippen LogP contribution < -0.4 is 10.1 Å². The maximum Gasteiger partial charge on any atom is 0.259 e. The number of nitrogens with zero attached hydrogens (tertiary/aromatic N) is 3. The summed E-state index contributed by atoms with van der Waals surface area (Å²) in [5.41, 5.74) is 1.70. The molecule has 1 atom stereocenters. The first-order chi connectivity index (χ1) is 14.0. The second-order valence-corrected chi connectivity index (χ2v) is 7.02. The third kappa shape index (κ3) is 5.08. The second-order valence-electron chi connectivity index (χ2n) is 7.02. The van der Waals surface area contributed by atoms with E-state index in [2.05, 4.69) is 15.3 Å². The topological polar surface area (TPSA) is 93.7 Å². The Balaban J connectivity index is 1.69. The van der Waals surface area contributed by atoms with Crippen LogP contribution in [-0.4, -0.2) is 60.6 Å². The molecule has 0 spiro atoms. The molecule has 1 saturated heterocycles. The minimum atomic E-state index is -0.264. The molecule has 1 fully saturated rings. The van der Waals surface area contributed by atoms with E-state index in [9.17, 15) is 9.59 Å². The molecule has 1 aliphatic rings. The van der Waals surface area contributed by atoms with Crippen LogP contribution in [0.15, 0.2) is 30.5 Å². The number of rotatable bonds is 6. The zero-order valence-electron chi connectivity index (χ0n) is 17.0. The average molecular weight is 398 g/mol. The number of benzene rings is 1. The summed E-state index contributed by atoms with van der Waals surface area (Å²) < 4.78 is 10.1. The Kier molecular flexibility index (Phi) is 6.77. The van der Waals surface area contributed by atoms with Crippen LogP contribution in [0.1, 0.15) is 40.6 Å². The van der Waals surface area contributed by atoms with E-state index in [-0.39, 0.29) is 24.3 Å². The highest BCUT2D eigenvalue weighted by Crippen LogP contribution is 2.25. The number of hydrogen-bond acceptors (Lipinski definition) is 6. The first-order valence-corrected chi connectivity index (χ1v) is 9.57. The summed E-state index contributed by atoms with van der Waals surface area (Å²) in [4.78, 5) is 35.5. The van der Waals surface area contributed by atoms with Crippen molar-refractivity contribution in [2.24, 2.45) is 0 Å². The largest absolute Gasteiger partial charge is 0.497 e. The van der Waals surface area contributed by atoms with E-state index in [0.29, 0.717) is 29.3 Å². The van der Waals surface area contributed by atoms with E-state index in [1.165, 1.54) is 7.11 Å². The fourth-order valence-electron chi connectivity index (χ4n) is 3.41. The molecule has 29 heavy (non-hydrogen) atoms. The highest BCUT2D eigenvalue weighted by atomic mass is 16.5. The molecule has 2 aromatic rings. The van der Waals surface area contributed by atoms with Crippen molar-refractivity contribution in [2.75, 3.05) is 39.2 Å². The fourth-order valence-corrected chi connectivity index (χ4v) is 3.41. The molecule has 2 amide bonds. The molecule has 0 bridgehead atoms. The van der Waals surface area contributed by atoms with Gasteiger partial charge in [0.15, 0.2) is 0 Å². The maximum atomic E-state index is 12.6. The number of nitrogens with one attached hydrogen (secondary N) is 1. The Morgan fingerprint density at radius 1 is 1.24 bits per heavy atom. The molecular formula is C21H26N4O4. The van der Waals surface area contributed by atoms with Gasteiger partial charge >= 0.3 is 0 Å². The lowest BCUT2D eigenvalue weighted by Crippen LogP contribution is -2.41. The standard InChI is InChI=1S/C21H26N4O4/c1-14-18(21(27)24-16-6-8-17(29-3)9-7-16)11-22-20(23-14)15-5-4-10-25(12-15)19(26)13-28-2/h6-9,11,15H,4-5,10,12-13H2,1-3H3,(H,24,27). The van der Waals surface area contributed by atoms with Crippen molar-refractivity contribution >= 4 is 17.5 Å². The summed E-state index contributed by atoms with van der Waals surface area (Å²) in [5, 5.41) is 2.84. The maximum absolute atomic E-state index is 12.6. The van der Waals surface area contributed by atoms with Crippen molar-refractivity contribution < 1.29 is 19.1 Å². The lowest BCUT2D eigenvalue weighted by atomic mass is 9.97. The predicted molar refractivity (Wildman–Crippen MR) is 108 cm³/mol. The lowest BCUT2D eigenvalue weighted by molar-refractivity contribution is -0.136. The van der Waals surface area contributed by atoms with Crippen LogP contribution in [0.2, 0.25) is 0 Å². The van der Waals surface area contributed by atoms with Gasteiger partial charge in [-0.05, 0) is 44.0 Å². The van der Waals surface area contributed by atoms with Crippen molar-refractivity contribution in [1.29, 1.82) is 0 Å². The van der Waals surface area contributed by atoms with Crippen molar-refractivity contribution in [1.82, 2.24) is 14.9 Å². The van der Waals surface area contributed by atoms with Crippen molar-refractivity contribution in [3.63, 3.8) is 0 Å². The van der Waals surface area contributed by atoms with E-state index in [4.69, 9.17) is 9.47 Å². The third-order valence-electron chi connectivity index (χ3n) is 5.00. The number of aryl methyl sites for hydroxylation is 1. The molecule has 2 heterocycles. The van der Waals surface area contributed by atoms with Gasteiger partial charge in [-0.15, -0.1) is 0 Å². The average Bonchev–Trinajstić information content (AvgIpc) is 2.74. The third-order valence-corrected chi connectivity index (χ3v) is 5.00. The number of hydrogen-bond donors (Lipinski definition) is 1. The molecule has 154 valence electrons. The van der Waals surface area contributed by atoms with E-state index in [1.807, 2.05) is 0 Å². The summed E-state index contributed by atoms with van der Waals surface area (Å²) >= 11 is 0. The van der Waals surface area contributed by atoms with E-state index in [0.717, 1.165) is 25.1 Å². The van der Waals surface area contributed by atoms with Crippen LogP contribution in [0.25, 0.3) is 0 Å². The Morgan fingerprint density at radius 3 is 2.66 bits per heavy atom. The van der Waals surface area contributed by atoms with Crippen molar-refractivity contribution in [3.05, 3.63) is 47.5 Å². The molecule has 0 radical (unpaired) electrons. The number of aromatic nitrogens is 2. The first kappa shape index (κ1) is 20.7. The summed E-state index contributed by atoms with van der Waals surface area (Å²) in [6.45, 7) is 3.17. The van der Waals surface area contributed by atoms with Crippen molar-refractivity contribution in [2.45, 2.75) is 25.7 Å². The smallest absolute Gasteiger partial charge is 0.259 e. The first-order valence-electron chi connectivity index (χ1n) is 9.57. The van der Waals surface area contributed by atoms with Crippen LogP contribution in [0.4, 0.5) is 5.69 Å². The van der Waals surface area contributed by atoms with Gasteiger partial charge in [0.25, 0.3) is 5.91 Å². The summed E-state index contributed by atoms with van der Waals surface area (Å²) in [6.07, 6.45) is 3.36. The van der Waals surface area contributed by atoms with Gasteiger partial charge in [-0.2, -0.15) is 0 Å². The number of carbonyl (C=O) groups excluding carboxylic acids is 2. The highest BCUT2D eigenvalue weighted by Gasteiger charge is 2.27. The molecular weight excluding hydrogens is 372 g/mol. The van der Waals surface area contributed by atoms with Gasteiger partial charge < -0.3 is 19.7 Å². The van der Waals surface area contributed by atoms with Crippen LogP contribution in [0, 0.1) is 6.92 Å². The van der Waals surface area contributed by atoms with Gasteiger partial charge in [0.2, 0.25) is 5.91 Å². The van der Waals surface area contributed by atoms with E-state index < -0.39 is 0 Å². The number of piperidine rings is 1. The van der Waals surface area contributed by atoms with Crippen LogP contribution in [-0.2, 0) is 9.53 Å². The molecule has 1 aromatic carbocycles.